The van der Waals surface area contributed by atoms with Crippen LogP contribution in [-0.4, -0.2) is 36.6 Å². The summed E-state index contributed by atoms with van der Waals surface area (Å²) in [4.78, 5) is 2.70. The highest BCUT2D eigenvalue weighted by Crippen LogP contribution is 2.40. The van der Waals surface area contributed by atoms with Gasteiger partial charge in [0.25, 0.3) is 0 Å². The fourth-order valence-corrected chi connectivity index (χ4v) is 4.22. The predicted octanol–water partition coefficient (Wildman–Crippen LogP) is 4.45. The van der Waals surface area contributed by atoms with Crippen LogP contribution in [0.2, 0.25) is 0 Å². The quantitative estimate of drug-likeness (QED) is 0.806. The molecule has 0 aromatic carbocycles. The number of hydrogen-bond acceptors (Lipinski definition) is 2. The molecule has 2 fully saturated rings. The summed E-state index contributed by atoms with van der Waals surface area (Å²) in [5, 5.41) is 3.82. The number of hydrogen-bond donors (Lipinski definition) is 1. The minimum atomic E-state index is 0.238. The first-order valence-electron chi connectivity index (χ1n) is 9.25. The summed E-state index contributed by atoms with van der Waals surface area (Å²) in [6, 6.07) is 0.857. The third kappa shape index (κ3) is 5.25. The Morgan fingerprint density at radius 1 is 1.05 bits per heavy atom. The van der Waals surface area contributed by atoms with Gasteiger partial charge in [-0.25, -0.2) is 0 Å². The molecule has 2 aliphatic rings. The van der Waals surface area contributed by atoms with E-state index in [1.807, 2.05) is 0 Å². The first-order valence-corrected chi connectivity index (χ1v) is 9.25. The van der Waals surface area contributed by atoms with Gasteiger partial charge in [-0.1, -0.05) is 32.6 Å². The largest absolute Gasteiger partial charge is 0.311 e. The van der Waals surface area contributed by atoms with Crippen molar-refractivity contribution in [3.63, 3.8) is 0 Å². The average Bonchev–Trinajstić information content (AvgIpc) is 2.93. The van der Waals surface area contributed by atoms with E-state index in [1.165, 1.54) is 64.5 Å². The molecule has 0 bridgehead atoms. The lowest BCUT2D eigenvalue weighted by molar-refractivity contribution is 0.0735. The molecule has 0 amide bonds. The molecule has 0 aromatic rings. The van der Waals surface area contributed by atoms with Crippen LogP contribution in [0.5, 0.6) is 0 Å². The molecule has 124 valence electrons. The van der Waals surface area contributed by atoms with E-state index >= 15 is 0 Å². The second-order valence-corrected chi connectivity index (χ2v) is 9.14. The van der Waals surface area contributed by atoms with E-state index in [0.29, 0.717) is 5.41 Å². The average molecular weight is 295 g/mol. The third-order valence-corrected chi connectivity index (χ3v) is 5.86. The summed E-state index contributed by atoms with van der Waals surface area (Å²) in [5.41, 5.74) is 0.749. The number of nitrogens with zero attached hydrogens (tertiary/aromatic N) is 1. The fraction of sp³-hybridized carbons (Fsp3) is 1.00. The Kier molecular flexibility index (Phi) is 5.76. The molecule has 0 unspecified atom stereocenters. The lowest BCUT2D eigenvalue weighted by Gasteiger charge is -2.45. The lowest BCUT2D eigenvalue weighted by atomic mass is 9.70. The Labute approximate surface area is 133 Å². The number of nitrogens with one attached hydrogen (secondary N) is 1. The Morgan fingerprint density at radius 3 is 2.14 bits per heavy atom. The van der Waals surface area contributed by atoms with Crippen LogP contribution in [0.3, 0.4) is 0 Å². The second kappa shape index (κ2) is 7.00. The van der Waals surface area contributed by atoms with Gasteiger partial charge in [-0.2, -0.15) is 0 Å². The van der Waals surface area contributed by atoms with E-state index in [4.69, 9.17) is 0 Å². The minimum Gasteiger partial charge on any atom is -0.311 e. The zero-order chi connectivity index (χ0) is 15.5. The summed E-state index contributed by atoms with van der Waals surface area (Å²) in [7, 11) is 2.38. The van der Waals surface area contributed by atoms with Crippen molar-refractivity contribution in [1.82, 2.24) is 10.2 Å². The van der Waals surface area contributed by atoms with Crippen molar-refractivity contribution in [2.75, 3.05) is 20.1 Å². The smallest absolute Gasteiger partial charge is 0.00967 e. The third-order valence-electron chi connectivity index (χ3n) is 5.86. The normalized spacial score (nSPS) is 32.0. The first-order chi connectivity index (χ1) is 9.80. The Morgan fingerprint density at radius 2 is 1.62 bits per heavy atom. The van der Waals surface area contributed by atoms with Crippen molar-refractivity contribution < 1.29 is 0 Å². The molecule has 2 heteroatoms. The molecule has 0 spiro atoms. The molecule has 2 nitrogen and oxygen atoms in total. The van der Waals surface area contributed by atoms with Crippen molar-refractivity contribution in [3.8, 4) is 0 Å². The van der Waals surface area contributed by atoms with Crippen LogP contribution in [0.4, 0.5) is 0 Å². The van der Waals surface area contributed by atoms with E-state index in [9.17, 15) is 0 Å². The molecule has 1 N–H and O–H groups in total. The van der Waals surface area contributed by atoms with E-state index in [0.717, 1.165) is 12.0 Å². The Bertz CT molecular complexity index is 304. The zero-order valence-electron chi connectivity index (χ0n) is 15.2. The van der Waals surface area contributed by atoms with Crippen LogP contribution in [0, 0.1) is 11.3 Å². The second-order valence-electron chi connectivity index (χ2n) is 9.14. The molecule has 0 atom stereocenters. The minimum absolute atomic E-state index is 0.238. The van der Waals surface area contributed by atoms with Gasteiger partial charge in [0.1, 0.15) is 0 Å². The molecule has 0 aliphatic heterocycles. The van der Waals surface area contributed by atoms with Crippen LogP contribution in [0.25, 0.3) is 0 Å². The Balaban J connectivity index is 1.97. The van der Waals surface area contributed by atoms with Crippen molar-refractivity contribution >= 4 is 0 Å². The van der Waals surface area contributed by atoms with Crippen LogP contribution < -0.4 is 5.32 Å². The SMILES string of the molecule is CC1CCC(CNC(C)(C)C)(CN(C)C2CCCC2)CC1. The molecular formula is C19H38N2. The van der Waals surface area contributed by atoms with Gasteiger partial charge in [-0.05, 0) is 64.8 Å². The summed E-state index contributed by atoms with van der Waals surface area (Å²) < 4.78 is 0. The van der Waals surface area contributed by atoms with Gasteiger partial charge in [0, 0.05) is 24.7 Å². The van der Waals surface area contributed by atoms with Crippen LogP contribution in [-0.2, 0) is 0 Å². The molecule has 2 rings (SSSR count). The molecule has 0 saturated heterocycles. The molecule has 0 heterocycles. The molecule has 2 saturated carbocycles. The maximum atomic E-state index is 3.82. The van der Waals surface area contributed by atoms with Gasteiger partial charge < -0.3 is 10.2 Å². The van der Waals surface area contributed by atoms with E-state index in [2.05, 4.69) is 45.0 Å². The van der Waals surface area contributed by atoms with Gasteiger partial charge in [0.2, 0.25) is 0 Å². The maximum absolute atomic E-state index is 3.82. The highest BCUT2D eigenvalue weighted by Gasteiger charge is 2.37. The Hall–Kier alpha value is -0.0800. The first kappa shape index (κ1) is 17.3. The standard InChI is InChI=1S/C19H38N2/c1-16-10-12-19(13-11-16,14-20-18(2,3)4)15-21(5)17-8-6-7-9-17/h16-17,20H,6-15H2,1-5H3. The van der Waals surface area contributed by atoms with E-state index in [1.54, 1.807) is 0 Å². The molecule has 0 aromatic heterocycles. The van der Waals surface area contributed by atoms with Gasteiger partial charge in [0.15, 0.2) is 0 Å². The predicted molar refractivity (Wildman–Crippen MR) is 92.7 cm³/mol. The maximum Gasteiger partial charge on any atom is 0.00967 e. The summed E-state index contributed by atoms with van der Waals surface area (Å²) in [6.45, 7) is 11.8. The van der Waals surface area contributed by atoms with E-state index in [-0.39, 0.29) is 5.54 Å². The van der Waals surface area contributed by atoms with Crippen molar-refractivity contribution in [1.29, 1.82) is 0 Å². The van der Waals surface area contributed by atoms with Crippen molar-refractivity contribution in [2.24, 2.45) is 11.3 Å². The number of rotatable bonds is 5. The van der Waals surface area contributed by atoms with Crippen molar-refractivity contribution in [2.45, 2.75) is 90.6 Å². The summed E-state index contributed by atoms with van der Waals surface area (Å²) in [6.07, 6.45) is 11.4. The molecule has 21 heavy (non-hydrogen) atoms. The van der Waals surface area contributed by atoms with Gasteiger partial charge in [-0.3, -0.25) is 0 Å². The van der Waals surface area contributed by atoms with Gasteiger partial charge in [-0.15, -0.1) is 0 Å². The molecular weight excluding hydrogens is 256 g/mol. The highest BCUT2D eigenvalue weighted by molar-refractivity contribution is 4.92. The topological polar surface area (TPSA) is 15.3 Å². The van der Waals surface area contributed by atoms with Crippen LogP contribution in [0.15, 0.2) is 0 Å². The summed E-state index contributed by atoms with van der Waals surface area (Å²) >= 11 is 0. The zero-order valence-corrected chi connectivity index (χ0v) is 15.2. The van der Waals surface area contributed by atoms with Gasteiger partial charge >= 0.3 is 0 Å². The molecule has 0 radical (unpaired) electrons. The van der Waals surface area contributed by atoms with Crippen molar-refractivity contribution in [3.05, 3.63) is 0 Å². The fourth-order valence-electron chi connectivity index (χ4n) is 4.22. The lowest BCUT2D eigenvalue weighted by Crippen LogP contribution is -2.50. The van der Waals surface area contributed by atoms with Crippen LogP contribution in [0.1, 0.15) is 79.1 Å². The highest BCUT2D eigenvalue weighted by atomic mass is 15.1. The summed E-state index contributed by atoms with van der Waals surface area (Å²) in [5.74, 6) is 0.935. The van der Waals surface area contributed by atoms with E-state index < -0.39 is 0 Å². The van der Waals surface area contributed by atoms with Crippen LogP contribution >= 0.6 is 0 Å². The monoisotopic (exact) mass is 294 g/mol. The molecule has 2 aliphatic carbocycles. The van der Waals surface area contributed by atoms with Gasteiger partial charge in [0.05, 0.1) is 0 Å².